The molecule has 2 aromatic rings. The van der Waals surface area contributed by atoms with Gasteiger partial charge >= 0.3 is 5.97 Å². The maximum atomic E-state index is 11.9. The van der Waals surface area contributed by atoms with Crippen LogP contribution in [0.3, 0.4) is 0 Å². The monoisotopic (exact) mass is 414 g/mol. The second kappa shape index (κ2) is 11.3. The van der Waals surface area contributed by atoms with Crippen molar-refractivity contribution < 1.29 is 23.9 Å². The number of nitrogens with one attached hydrogen (secondary N) is 2. The average molecular weight is 415 g/mol. The van der Waals surface area contributed by atoms with Crippen LogP contribution in [0.25, 0.3) is 6.08 Å². The lowest BCUT2D eigenvalue weighted by atomic mass is 10.2. The Kier molecular flexibility index (Phi) is 8.47. The fraction of sp³-hybridized carbons (Fsp3) is 0.0952. The zero-order valence-electron chi connectivity index (χ0n) is 15.4. The number of esters is 1. The predicted molar refractivity (Wildman–Crippen MR) is 109 cm³/mol. The number of hydrazine groups is 1. The van der Waals surface area contributed by atoms with Crippen molar-refractivity contribution in [2.45, 2.75) is 0 Å². The van der Waals surface area contributed by atoms with Gasteiger partial charge in [-0.1, -0.05) is 48.5 Å². The summed E-state index contributed by atoms with van der Waals surface area (Å²) in [6, 6.07) is 13.4. The second-order valence-electron chi connectivity index (χ2n) is 5.59. The number of carbonyl (C=O) groups excluding carboxylic acids is 3. The summed E-state index contributed by atoms with van der Waals surface area (Å²) in [5.41, 5.74) is 5.29. The van der Waals surface area contributed by atoms with Gasteiger partial charge in [-0.15, -0.1) is 0 Å². The lowest BCUT2D eigenvalue weighted by molar-refractivity contribution is -0.144. The van der Waals surface area contributed by atoms with Crippen LogP contribution in [0.15, 0.2) is 67.3 Å². The average Bonchev–Trinajstić information content (AvgIpc) is 2.74. The number of benzene rings is 2. The summed E-state index contributed by atoms with van der Waals surface area (Å²) < 4.78 is 10.2. The van der Waals surface area contributed by atoms with Crippen LogP contribution in [0.1, 0.15) is 15.9 Å². The van der Waals surface area contributed by atoms with Crippen molar-refractivity contribution >= 4 is 35.5 Å². The summed E-state index contributed by atoms with van der Waals surface area (Å²) in [4.78, 5) is 35.3. The molecule has 2 N–H and O–H groups in total. The topological polar surface area (TPSA) is 93.7 Å². The van der Waals surface area contributed by atoms with Gasteiger partial charge in [-0.05, 0) is 35.9 Å². The molecule has 0 aliphatic heterocycles. The van der Waals surface area contributed by atoms with E-state index in [0.717, 1.165) is 5.56 Å². The van der Waals surface area contributed by atoms with Gasteiger partial charge in [0.05, 0.1) is 10.6 Å². The number of hydrogen-bond acceptors (Lipinski definition) is 5. The van der Waals surface area contributed by atoms with Crippen molar-refractivity contribution in [2.75, 3.05) is 13.2 Å². The Hall–Kier alpha value is -3.58. The number of carbonyl (C=O) groups is 3. The molecule has 2 rings (SSSR count). The van der Waals surface area contributed by atoms with E-state index in [1.807, 2.05) is 0 Å². The third kappa shape index (κ3) is 7.51. The highest BCUT2D eigenvalue weighted by atomic mass is 35.5. The highest BCUT2D eigenvalue weighted by molar-refractivity contribution is 6.33. The van der Waals surface area contributed by atoms with Gasteiger partial charge in [-0.2, -0.15) is 0 Å². The van der Waals surface area contributed by atoms with E-state index in [-0.39, 0.29) is 10.6 Å². The molecular formula is C21H19ClN2O5. The van der Waals surface area contributed by atoms with Gasteiger partial charge in [0.15, 0.2) is 6.61 Å². The third-order valence-electron chi connectivity index (χ3n) is 3.44. The molecule has 0 radical (unpaired) electrons. The SMILES string of the molecule is C=CCOc1ccc(/C=C/C(=O)OCC(=O)NNC(=O)c2ccccc2Cl)cc1. The molecule has 2 aromatic carbocycles. The first-order valence-corrected chi connectivity index (χ1v) is 8.89. The van der Waals surface area contributed by atoms with E-state index in [2.05, 4.69) is 17.4 Å². The summed E-state index contributed by atoms with van der Waals surface area (Å²) >= 11 is 5.89. The molecular weight excluding hydrogens is 396 g/mol. The van der Waals surface area contributed by atoms with Crippen molar-refractivity contribution in [1.29, 1.82) is 0 Å². The van der Waals surface area contributed by atoms with Crippen LogP contribution in [0.4, 0.5) is 0 Å². The lowest BCUT2D eigenvalue weighted by Gasteiger charge is -2.08. The number of amides is 2. The van der Waals surface area contributed by atoms with Gasteiger partial charge < -0.3 is 9.47 Å². The van der Waals surface area contributed by atoms with Gasteiger partial charge in [-0.3, -0.25) is 20.4 Å². The van der Waals surface area contributed by atoms with Crippen LogP contribution in [-0.4, -0.2) is 31.0 Å². The first-order chi connectivity index (χ1) is 14.0. The van der Waals surface area contributed by atoms with Crippen molar-refractivity contribution in [3.63, 3.8) is 0 Å². The molecule has 8 heteroatoms. The number of hydrogen-bond donors (Lipinski definition) is 2. The van der Waals surface area contributed by atoms with Crippen LogP contribution in [0.2, 0.25) is 5.02 Å². The maximum absolute atomic E-state index is 11.9. The molecule has 0 bridgehead atoms. The van der Waals surface area contributed by atoms with E-state index in [0.29, 0.717) is 12.4 Å². The zero-order valence-corrected chi connectivity index (χ0v) is 16.1. The highest BCUT2D eigenvalue weighted by Crippen LogP contribution is 2.14. The van der Waals surface area contributed by atoms with Crippen LogP contribution in [-0.2, 0) is 14.3 Å². The lowest BCUT2D eigenvalue weighted by Crippen LogP contribution is -2.43. The van der Waals surface area contributed by atoms with Crippen molar-refractivity contribution in [3.8, 4) is 5.75 Å². The van der Waals surface area contributed by atoms with E-state index < -0.39 is 24.4 Å². The molecule has 0 saturated heterocycles. The van der Waals surface area contributed by atoms with E-state index in [1.165, 1.54) is 18.2 Å². The Morgan fingerprint density at radius 3 is 2.45 bits per heavy atom. The van der Waals surface area contributed by atoms with Crippen molar-refractivity contribution in [3.05, 3.63) is 83.4 Å². The predicted octanol–water partition coefficient (Wildman–Crippen LogP) is 2.92. The minimum absolute atomic E-state index is 0.204. The van der Waals surface area contributed by atoms with Gasteiger partial charge in [0.1, 0.15) is 12.4 Å². The van der Waals surface area contributed by atoms with Crippen LogP contribution in [0, 0.1) is 0 Å². The van der Waals surface area contributed by atoms with Gasteiger partial charge in [0.2, 0.25) is 0 Å². The summed E-state index contributed by atoms with van der Waals surface area (Å²) in [7, 11) is 0. The normalized spacial score (nSPS) is 10.2. The van der Waals surface area contributed by atoms with E-state index >= 15 is 0 Å². The fourth-order valence-electron chi connectivity index (χ4n) is 2.05. The summed E-state index contributed by atoms with van der Waals surface area (Å²) in [5, 5.41) is 0.246. The van der Waals surface area contributed by atoms with Crippen LogP contribution >= 0.6 is 11.6 Å². The largest absolute Gasteiger partial charge is 0.490 e. The Labute approximate surface area is 172 Å². The molecule has 0 heterocycles. The maximum Gasteiger partial charge on any atom is 0.331 e. The second-order valence-corrected chi connectivity index (χ2v) is 6.00. The minimum atomic E-state index is -0.704. The Morgan fingerprint density at radius 1 is 1.03 bits per heavy atom. The zero-order chi connectivity index (χ0) is 21.1. The van der Waals surface area contributed by atoms with Crippen LogP contribution in [0.5, 0.6) is 5.75 Å². The molecule has 0 spiro atoms. The Morgan fingerprint density at radius 2 is 1.76 bits per heavy atom. The number of halogens is 1. The van der Waals surface area contributed by atoms with Crippen molar-refractivity contribution in [2.24, 2.45) is 0 Å². The van der Waals surface area contributed by atoms with E-state index in [4.69, 9.17) is 21.1 Å². The molecule has 0 atom stereocenters. The van der Waals surface area contributed by atoms with Crippen LogP contribution < -0.4 is 15.6 Å². The molecule has 2 amide bonds. The molecule has 0 aliphatic carbocycles. The standard InChI is InChI=1S/C21H19ClN2O5/c1-2-13-28-16-10-7-15(8-11-16)9-12-20(26)29-14-19(25)23-24-21(27)17-5-3-4-6-18(17)22/h2-12H,1,13-14H2,(H,23,25)(H,24,27)/b12-9+. The van der Waals surface area contributed by atoms with Gasteiger partial charge in [0.25, 0.3) is 11.8 Å². The molecule has 0 aliphatic rings. The fourth-order valence-corrected chi connectivity index (χ4v) is 2.28. The first-order valence-electron chi connectivity index (χ1n) is 8.52. The van der Waals surface area contributed by atoms with Crippen molar-refractivity contribution in [1.82, 2.24) is 10.9 Å². The summed E-state index contributed by atoms with van der Waals surface area (Å²) in [6.45, 7) is 3.42. The molecule has 0 aromatic heterocycles. The van der Waals surface area contributed by atoms with Gasteiger partial charge in [0, 0.05) is 6.08 Å². The van der Waals surface area contributed by atoms with E-state index in [9.17, 15) is 14.4 Å². The van der Waals surface area contributed by atoms with Gasteiger partial charge in [-0.25, -0.2) is 4.79 Å². The smallest absolute Gasteiger partial charge is 0.331 e. The number of rotatable bonds is 8. The summed E-state index contributed by atoms with van der Waals surface area (Å²) in [5.74, 6) is -1.31. The molecule has 150 valence electrons. The molecule has 0 fully saturated rings. The molecule has 0 saturated carbocycles. The molecule has 0 unspecified atom stereocenters. The first kappa shape index (κ1) is 21.7. The molecule has 29 heavy (non-hydrogen) atoms. The quantitative estimate of drug-likeness (QED) is 0.300. The summed E-state index contributed by atoms with van der Waals surface area (Å²) in [6.07, 6.45) is 4.37. The molecule has 7 nitrogen and oxygen atoms in total. The Balaban J connectivity index is 1.73. The highest BCUT2D eigenvalue weighted by Gasteiger charge is 2.11. The third-order valence-corrected chi connectivity index (χ3v) is 3.77. The minimum Gasteiger partial charge on any atom is -0.490 e. The number of ether oxygens (including phenoxy) is 2. The van der Waals surface area contributed by atoms with E-state index in [1.54, 1.807) is 48.5 Å². The Bertz CT molecular complexity index is 910.